The van der Waals surface area contributed by atoms with Gasteiger partial charge >= 0.3 is 6.09 Å². The summed E-state index contributed by atoms with van der Waals surface area (Å²) >= 11 is 0. The molecule has 4 aromatic carbocycles. The molecule has 6 rings (SSSR count). The first-order chi connectivity index (χ1) is 22.1. The number of carbonyl (C=O) groups is 2. The van der Waals surface area contributed by atoms with E-state index in [1.807, 2.05) is 124 Å². The molecule has 0 bridgehead atoms. The van der Waals surface area contributed by atoms with E-state index in [1.165, 1.54) is 0 Å². The molecule has 244 valence electrons. The summed E-state index contributed by atoms with van der Waals surface area (Å²) in [4.78, 5) is 31.6. The Morgan fingerprint density at radius 2 is 1.28 bits per heavy atom. The standard InChI is InChI=1S/C40H45NO5Si/c1-36(2,3)44-35(43)41-33-27-19-18-26-32(33)38(28-29-20-12-9-13-21-29)39(31-24-16-11-17-25-31,34(42)30-22-14-10-15-23-30)45-40(38,41)46-47(7,8)37(4,5)6/h9-27H,28H2,1-8H3/t38-,39+,40-/m0/s1. The quantitative estimate of drug-likeness (QED) is 0.148. The molecule has 1 saturated heterocycles. The smallest absolute Gasteiger partial charge is 0.419 e. The minimum Gasteiger partial charge on any atom is -0.443 e. The highest BCUT2D eigenvalue weighted by Gasteiger charge is 2.88. The summed E-state index contributed by atoms with van der Waals surface area (Å²) in [5.41, 5.74) is 0.0100. The Hall–Kier alpha value is -4.04. The van der Waals surface area contributed by atoms with E-state index in [4.69, 9.17) is 13.9 Å². The Labute approximate surface area is 279 Å². The van der Waals surface area contributed by atoms with Crippen LogP contribution in [-0.2, 0) is 31.3 Å². The summed E-state index contributed by atoms with van der Waals surface area (Å²) in [6.45, 7) is 16.3. The van der Waals surface area contributed by atoms with Gasteiger partial charge in [-0.1, -0.05) is 130 Å². The van der Waals surface area contributed by atoms with Gasteiger partial charge in [0.05, 0.1) is 5.69 Å². The SMILES string of the molecule is CC(C)(C)OC(=O)N1c2ccccc2[C@]2(Cc3ccccc3)[C@@]1(O[Si](C)(C)C(C)(C)C)O[C@@]2(C(=O)c1ccccc1)c1ccccc1. The molecule has 0 saturated carbocycles. The van der Waals surface area contributed by atoms with E-state index in [9.17, 15) is 4.79 Å². The number of nitrogens with zero attached hydrogens (tertiary/aromatic N) is 1. The van der Waals surface area contributed by atoms with E-state index < -0.39 is 36.9 Å². The molecule has 2 heterocycles. The van der Waals surface area contributed by atoms with Crippen LogP contribution in [-0.4, -0.2) is 31.7 Å². The number of benzene rings is 4. The molecule has 7 heteroatoms. The first kappa shape index (κ1) is 32.9. The van der Waals surface area contributed by atoms with Crippen molar-refractivity contribution in [2.24, 2.45) is 0 Å². The lowest BCUT2D eigenvalue weighted by Gasteiger charge is -2.68. The summed E-state index contributed by atoms with van der Waals surface area (Å²) in [6, 6.07) is 36.8. The van der Waals surface area contributed by atoms with Gasteiger partial charge < -0.3 is 13.9 Å². The van der Waals surface area contributed by atoms with E-state index in [0.29, 0.717) is 23.2 Å². The predicted octanol–water partition coefficient (Wildman–Crippen LogP) is 9.41. The molecule has 1 amide bonds. The monoisotopic (exact) mass is 647 g/mol. The summed E-state index contributed by atoms with van der Waals surface area (Å²) in [6.07, 6.45) is -0.237. The number of hydrogen-bond acceptors (Lipinski definition) is 5. The zero-order valence-corrected chi connectivity index (χ0v) is 29.7. The maximum absolute atomic E-state index is 15.4. The second-order valence-corrected chi connectivity index (χ2v) is 19.9. The third kappa shape index (κ3) is 4.98. The number of hydrogen-bond donors (Lipinski definition) is 0. The first-order valence-corrected chi connectivity index (χ1v) is 19.2. The lowest BCUT2D eigenvalue weighted by molar-refractivity contribution is -0.397. The van der Waals surface area contributed by atoms with Gasteiger partial charge in [-0.25, -0.2) is 9.69 Å². The van der Waals surface area contributed by atoms with Crippen LogP contribution in [0.5, 0.6) is 0 Å². The van der Waals surface area contributed by atoms with Gasteiger partial charge in [0.2, 0.25) is 5.78 Å². The summed E-state index contributed by atoms with van der Waals surface area (Å²) in [5, 5.41) is -0.258. The highest BCUT2D eigenvalue weighted by molar-refractivity contribution is 6.74. The molecule has 0 aromatic heterocycles. The molecule has 0 N–H and O–H groups in total. The van der Waals surface area contributed by atoms with Crippen molar-refractivity contribution in [1.82, 2.24) is 0 Å². The van der Waals surface area contributed by atoms with Crippen LogP contribution >= 0.6 is 0 Å². The highest BCUT2D eigenvalue weighted by atomic mass is 28.4. The molecular weight excluding hydrogens is 603 g/mol. The van der Waals surface area contributed by atoms with Crippen LogP contribution in [0.2, 0.25) is 18.1 Å². The van der Waals surface area contributed by atoms with Crippen molar-refractivity contribution in [2.45, 2.75) is 88.6 Å². The molecule has 3 atom stereocenters. The number of amides is 1. The number of ether oxygens (including phenoxy) is 2. The van der Waals surface area contributed by atoms with Crippen molar-refractivity contribution in [3.63, 3.8) is 0 Å². The maximum Gasteiger partial charge on any atom is 0.419 e. The van der Waals surface area contributed by atoms with Gasteiger partial charge in [-0.05, 0) is 68.1 Å². The van der Waals surface area contributed by atoms with Crippen molar-refractivity contribution < 1.29 is 23.5 Å². The molecule has 6 nitrogen and oxygen atoms in total. The van der Waals surface area contributed by atoms with Crippen LogP contribution < -0.4 is 4.90 Å². The van der Waals surface area contributed by atoms with Crippen LogP contribution in [0.15, 0.2) is 115 Å². The summed E-state index contributed by atoms with van der Waals surface area (Å²) in [5.74, 6) is -1.91. The predicted molar refractivity (Wildman–Crippen MR) is 188 cm³/mol. The van der Waals surface area contributed by atoms with Crippen molar-refractivity contribution in [3.8, 4) is 0 Å². The number of rotatable bonds is 7. The Balaban J connectivity index is 1.75. The average molecular weight is 648 g/mol. The maximum atomic E-state index is 15.4. The zero-order chi connectivity index (χ0) is 33.9. The van der Waals surface area contributed by atoms with Crippen LogP contribution in [0.1, 0.15) is 68.6 Å². The Kier molecular flexibility index (Phi) is 7.90. The van der Waals surface area contributed by atoms with E-state index >= 15 is 4.79 Å². The number of Topliss-reactive ketones (excluding diaryl/α,β-unsaturated/α-hetero) is 1. The van der Waals surface area contributed by atoms with Gasteiger partial charge in [0.1, 0.15) is 11.0 Å². The lowest BCUT2D eigenvalue weighted by atomic mass is 9.53. The minimum atomic E-state index is -2.75. The van der Waals surface area contributed by atoms with E-state index in [-0.39, 0.29) is 10.8 Å². The average Bonchev–Trinajstić information content (AvgIpc) is 3.19. The van der Waals surface area contributed by atoms with Gasteiger partial charge in [-0.3, -0.25) is 4.79 Å². The zero-order valence-electron chi connectivity index (χ0n) is 28.7. The third-order valence-corrected chi connectivity index (χ3v) is 14.4. The minimum absolute atomic E-state index is 0.199. The van der Waals surface area contributed by atoms with Crippen LogP contribution in [0.3, 0.4) is 0 Å². The van der Waals surface area contributed by atoms with E-state index in [0.717, 1.165) is 11.1 Å². The number of fused-ring (bicyclic) bond motifs is 3. The largest absolute Gasteiger partial charge is 0.443 e. The van der Waals surface area contributed by atoms with Gasteiger partial charge in [0.15, 0.2) is 13.9 Å². The molecule has 2 aliphatic heterocycles. The second-order valence-electron chi connectivity index (χ2n) is 15.2. The fourth-order valence-corrected chi connectivity index (χ4v) is 8.20. The molecule has 2 aliphatic rings. The van der Waals surface area contributed by atoms with Gasteiger partial charge in [0.25, 0.3) is 5.91 Å². The fraction of sp³-hybridized carbons (Fsp3) is 0.350. The molecular formula is C40H45NO5Si. The van der Waals surface area contributed by atoms with Crippen LogP contribution in [0, 0.1) is 0 Å². The van der Waals surface area contributed by atoms with Crippen LogP contribution in [0.25, 0.3) is 0 Å². The lowest BCUT2D eigenvalue weighted by Crippen LogP contribution is -2.85. The summed E-state index contributed by atoms with van der Waals surface area (Å²) < 4.78 is 21.0. The highest BCUT2D eigenvalue weighted by Crippen LogP contribution is 2.73. The summed E-state index contributed by atoms with van der Waals surface area (Å²) in [7, 11) is -2.75. The Morgan fingerprint density at radius 3 is 1.85 bits per heavy atom. The Bertz CT molecular complexity index is 1780. The number of ketones is 1. The molecule has 0 spiro atoms. The van der Waals surface area contributed by atoms with Crippen molar-refractivity contribution in [1.29, 1.82) is 0 Å². The van der Waals surface area contributed by atoms with Crippen LogP contribution in [0.4, 0.5) is 10.5 Å². The molecule has 4 aromatic rings. The van der Waals surface area contributed by atoms with Crippen molar-refractivity contribution >= 4 is 25.9 Å². The van der Waals surface area contributed by atoms with Crippen molar-refractivity contribution in [3.05, 3.63) is 138 Å². The molecule has 0 aliphatic carbocycles. The second kappa shape index (κ2) is 11.3. The number of para-hydroxylation sites is 1. The normalized spacial score (nSPS) is 23.8. The Morgan fingerprint density at radius 1 is 0.745 bits per heavy atom. The molecule has 1 fully saturated rings. The fourth-order valence-electron chi connectivity index (χ4n) is 6.90. The van der Waals surface area contributed by atoms with Gasteiger partial charge in [-0.2, -0.15) is 0 Å². The topological polar surface area (TPSA) is 65.1 Å². The number of carbonyl (C=O) groups excluding carboxylic acids is 2. The first-order valence-electron chi connectivity index (χ1n) is 16.3. The van der Waals surface area contributed by atoms with E-state index in [2.05, 4.69) is 46.0 Å². The van der Waals surface area contributed by atoms with Gasteiger partial charge in [0, 0.05) is 5.56 Å². The van der Waals surface area contributed by atoms with Crippen molar-refractivity contribution in [2.75, 3.05) is 4.90 Å². The van der Waals surface area contributed by atoms with E-state index in [1.54, 1.807) is 4.90 Å². The molecule has 47 heavy (non-hydrogen) atoms. The third-order valence-electron chi connectivity index (χ3n) is 9.95. The molecule has 0 unspecified atom stereocenters. The number of anilines is 1. The molecule has 0 radical (unpaired) electrons. The van der Waals surface area contributed by atoms with Gasteiger partial charge in [-0.15, -0.1) is 0 Å².